The number of carbonyl (C=O) groups is 3. The van der Waals surface area contributed by atoms with Gasteiger partial charge in [-0.2, -0.15) is 0 Å². The largest absolute Gasteiger partial charge is 0.462 e. The van der Waals surface area contributed by atoms with Gasteiger partial charge in [-0.1, -0.05) is 281 Å². The van der Waals surface area contributed by atoms with E-state index in [4.69, 9.17) is 14.2 Å². The van der Waals surface area contributed by atoms with Crippen molar-refractivity contribution >= 4 is 17.9 Å². The first-order valence-corrected chi connectivity index (χ1v) is 31.1. The summed E-state index contributed by atoms with van der Waals surface area (Å²) < 4.78 is 16.9. The van der Waals surface area contributed by atoms with Crippen molar-refractivity contribution in [2.24, 2.45) is 0 Å². The summed E-state index contributed by atoms with van der Waals surface area (Å²) in [6.45, 7) is 6.53. The van der Waals surface area contributed by atoms with Gasteiger partial charge in [-0.3, -0.25) is 14.4 Å². The maximum atomic E-state index is 12.9. The van der Waals surface area contributed by atoms with E-state index in [1.807, 2.05) is 0 Å². The van der Waals surface area contributed by atoms with Gasteiger partial charge in [-0.05, 0) is 77.0 Å². The van der Waals surface area contributed by atoms with Crippen LogP contribution in [0.3, 0.4) is 0 Å². The Hall–Kier alpha value is -2.63. The van der Waals surface area contributed by atoms with E-state index in [0.717, 1.165) is 96.3 Å². The van der Waals surface area contributed by atoms with Crippen molar-refractivity contribution in [3.63, 3.8) is 0 Å². The molecule has 414 valence electrons. The number of ether oxygens (including phenoxy) is 3. The minimum absolute atomic E-state index is 0.0827. The molecule has 1 unspecified atom stereocenters. The standard InChI is InChI=1S/C65H118O6/c1-4-7-10-13-16-19-22-25-27-28-29-30-31-32-33-34-35-36-38-40-43-46-49-52-55-58-64(67)70-61-62(60-69-63(66)57-54-51-48-45-42-39-24-21-18-15-12-9-6-3)71-65(68)59-56-53-50-47-44-41-37-26-23-20-17-14-11-8-5-2/h9,12,18,21,26,37,39,42,62H,4-8,10-11,13-17,19-20,22-25,27-36,38,40-41,43-61H2,1-3H3/b12-9-,21-18-,37-26-,42-39-. The topological polar surface area (TPSA) is 78.9 Å². The lowest BCUT2D eigenvalue weighted by Crippen LogP contribution is -2.30. The molecule has 0 aromatic heterocycles. The molecule has 6 nitrogen and oxygen atoms in total. The third-order valence-corrected chi connectivity index (χ3v) is 13.8. The molecule has 0 fully saturated rings. The van der Waals surface area contributed by atoms with Crippen molar-refractivity contribution in [2.45, 2.75) is 335 Å². The zero-order valence-electron chi connectivity index (χ0n) is 47.5. The van der Waals surface area contributed by atoms with Crippen LogP contribution in [0.2, 0.25) is 0 Å². The molecule has 0 saturated heterocycles. The molecule has 0 rings (SSSR count). The summed E-state index contributed by atoms with van der Waals surface area (Å²) >= 11 is 0. The molecule has 0 aromatic rings. The second-order valence-electron chi connectivity index (χ2n) is 20.9. The van der Waals surface area contributed by atoms with Gasteiger partial charge in [-0.25, -0.2) is 0 Å². The highest BCUT2D eigenvalue weighted by Crippen LogP contribution is 2.17. The van der Waals surface area contributed by atoms with Crippen LogP contribution >= 0.6 is 0 Å². The molecule has 0 bridgehead atoms. The monoisotopic (exact) mass is 995 g/mol. The number of hydrogen-bond acceptors (Lipinski definition) is 6. The van der Waals surface area contributed by atoms with Crippen molar-refractivity contribution in [2.75, 3.05) is 13.2 Å². The molecular weight excluding hydrogens is 877 g/mol. The van der Waals surface area contributed by atoms with Gasteiger partial charge in [0.1, 0.15) is 13.2 Å². The molecule has 0 aromatic carbocycles. The zero-order chi connectivity index (χ0) is 51.4. The van der Waals surface area contributed by atoms with Crippen LogP contribution in [0.25, 0.3) is 0 Å². The second-order valence-corrected chi connectivity index (χ2v) is 20.9. The van der Waals surface area contributed by atoms with Crippen molar-refractivity contribution in [3.8, 4) is 0 Å². The van der Waals surface area contributed by atoms with E-state index in [-0.39, 0.29) is 31.1 Å². The molecule has 0 aliphatic rings. The molecule has 0 N–H and O–H groups in total. The maximum absolute atomic E-state index is 12.9. The minimum atomic E-state index is -0.788. The SMILES string of the molecule is CC/C=C\C/C=C\C/C=C\CCCCCC(=O)OCC(COC(=O)CCCCCCCCCCCCCCCCCCCCCCCCCCC)OC(=O)CCCCCCC/C=C\CCCCCCCC. The number of hydrogen-bond donors (Lipinski definition) is 0. The summed E-state index contributed by atoms with van der Waals surface area (Å²) in [5.41, 5.74) is 0. The predicted molar refractivity (Wildman–Crippen MR) is 307 cm³/mol. The molecule has 0 amide bonds. The van der Waals surface area contributed by atoms with E-state index in [0.29, 0.717) is 19.3 Å². The third-order valence-electron chi connectivity index (χ3n) is 13.8. The van der Waals surface area contributed by atoms with Crippen LogP contribution in [0, 0.1) is 0 Å². The molecule has 0 saturated carbocycles. The summed E-state index contributed by atoms with van der Waals surface area (Å²) in [5, 5.41) is 0. The molecule has 0 radical (unpaired) electrons. The number of carbonyl (C=O) groups excluding carboxylic acids is 3. The Morgan fingerprint density at radius 3 is 0.887 bits per heavy atom. The third kappa shape index (κ3) is 58.1. The summed E-state index contributed by atoms with van der Waals surface area (Å²) in [4.78, 5) is 38.2. The number of esters is 3. The average molecular weight is 996 g/mol. The number of unbranched alkanes of at least 4 members (excludes halogenated alkanes) is 38. The summed E-state index contributed by atoms with van der Waals surface area (Å²) in [6.07, 6.45) is 74.2. The Labute approximate surface area is 441 Å². The molecule has 71 heavy (non-hydrogen) atoms. The van der Waals surface area contributed by atoms with Gasteiger partial charge >= 0.3 is 17.9 Å². The fraction of sp³-hybridized carbons (Fsp3) is 0.831. The van der Waals surface area contributed by atoms with Crippen molar-refractivity contribution in [1.29, 1.82) is 0 Å². The van der Waals surface area contributed by atoms with Crippen molar-refractivity contribution in [1.82, 2.24) is 0 Å². The van der Waals surface area contributed by atoms with E-state index in [1.54, 1.807) is 0 Å². The van der Waals surface area contributed by atoms with Gasteiger partial charge in [0, 0.05) is 19.3 Å². The Kier molecular flexibility index (Phi) is 57.7. The van der Waals surface area contributed by atoms with Crippen LogP contribution in [-0.2, 0) is 28.6 Å². The minimum Gasteiger partial charge on any atom is -0.462 e. The molecule has 0 spiro atoms. The number of rotatable bonds is 57. The summed E-state index contributed by atoms with van der Waals surface area (Å²) in [6, 6.07) is 0. The fourth-order valence-corrected chi connectivity index (χ4v) is 9.16. The molecule has 0 aliphatic carbocycles. The lowest BCUT2D eigenvalue weighted by Gasteiger charge is -2.18. The van der Waals surface area contributed by atoms with Gasteiger partial charge in [0.25, 0.3) is 0 Å². The Balaban J connectivity index is 4.24. The normalized spacial score (nSPS) is 12.3. The summed E-state index contributed by atoms with van der Waals surface area (Å²) in [7, 11) is 0. The first-order valence-electron chi connectivity index (χ1n) is 31.1. The first-order chi connectivity index (χ1) is 35.0. The quantitative estimate of drug-likeness (QED) is 0.0261. The Bertz CT molecular complexity index is 1230. The van der Waals surface area contributed by atoms with Crippen LogP contribution in [0.1, 0.15) is 329 Å². The molecule has 6 heteroatoms. The van der Waals surface area contributed by atoms with E-state index in [1.165, 1.54) is 193 Å². The van der Waals surface area contributed by atoms with Gasteiger partial charge < -0.3 is 14.2 Å². The smallest absolute Gasteiger partial charge is 0.306 e. The lowest BCUT2D eigenvalue weighted by molar-refractivity contribution is -0.167. The highest BCUT2D eigenvalue weighted by atomic mass is 16.6. The van der Waals surface area contributed by atoms with E-state index < -0.39 is 6.10 Å². The molecule has 1 atom stereocenters. The molecule has 0 aliphatic heterocycles. The van der Waals surface area contributed by atoms with E-state index >= 15 is 0 Å². The van der Waals surface area contributed by atoms with Gasteiger partial charge in [0.15, 0.2) is 6.10 Å². The fourth-order valence-electron chi connectivity index (χ4n) is 9.16. The predicted octanol–water partition coefficient (Wildman–Crippen LogP) is 21.0. The summed E-state index contributed by atoms with van der Waals surface area (Å²) in [5.74, 6) is -0.905. The molecular formula is C65H118O6. The Morgan fingerprint density at radius 2 is 0.549 bits per heavy atom. The van der Waals surface area contributed by atoms with E-state index in [9.17, 15) is 14.4 Å². The second kappa shape index (κ2) is 59.9. The average Bonchev–Trinajstić information content (AvgIpc) is 3.37. The van der Waals surface area contributed by atoms with E-state index in [2.05, 4.69) is 69.4 Å². The van der Waals surface area contributed by atoms with Gasteiger partial charge in [-0.15, -0.1) is 0 Å². The zero-order valence-corrected chi connectivity index (χ0v) is 47.5. The molecule has 0 heterocycles. The maximum Gasteiger partial charge on any atom is 0.306 e. The van der Waals surface area contributed by atoms with Crippen molar-refractivity contribution in [3.05, 3.63) is 48.6 Å². The van der Waals surface area contributed by atoms with Crippen LogP contribution in [-0.4, -0.2) is 37.2 Å². The van der Waals surface area contributed by atoms with Gasteiger partial charge in [0.05, 0.1) is 0 Å². The highest BCUT2D eigenvalue weighted by Gasteiger charge is 2.19. The Morgan fingerprint density at radius 1 is 0.296 bits per heavy atom. The van der Waals surface area contributed by atoms with Crippen LogP contribution in [0.4, 0.5) is 0 Å². The van der Waals surface area contributed by atoms with Crippen LogP contribution in [0.15, 0.2) is 48.6 Å². The highest BCUT2D eigenvalue weighted by molar-refractivity contribution is 5.71. The lowest BCUT2D eigenvalue weighted by atomic mass is 10.0. The van der Waals surface area contributed by atoms with Crippen LogP contribution < -0.4 is 0 Å². The first kappa shape index (κ1) is 68.4. The van der Waals surface area contributed by atoms with Gasteiger partial charge in [0.2, 0.25) is 0 Å². The van der Waals surface area contributed by atoms with Crippen molar-refractivity contribution < 1.29 is 28.6 Å². The van der Waals surface area contributed by atoms with Crippen LogP contribution in [0.5, 0.6) is 0 Å². The number of allylic oxidation sites excluding steroid dienone is 8.